The van der Waals surface area contributed by atoms with Crippen molar-refractivity contribution in [1.29, 1.82) is 0 Å². The number of aliphatic imine (C=N–C) groups is 1. The average molecular weight is 466 g/mol. The van der Waals surface area contributed by atoms with Crippen molar-refractivity contribution >= 4 is 35.8 Å². The Labute approximate surface area is 169 Å². The van der Waals surface area contributed by atoms with Gasteiger partial charge >= 0.3 is 0 Å². The zero-order valence-electron chi connectivity index (χ0n) is 15.9. The molecule has 1 aliphatic heterocycles. The standard InChI is InChI=1S/C18H34N4O2.HI/c1-14(2)24-12-6-10-20-18(19-3)21-16-9-11-22(13-16)17(23)15-7-4-5-8-15;/h14-16H,4-13H2,1-3H3,(H2,19,20,21);1H. The second kappa shape index (κ2) is 11.9. The van der Waals surface area contributed by atoms with Crippen molar-refractivity contribution in [2.24, 2.45) is 10.9 Å². The van der Waals surface area contributed by atoms with Gasteiger partial charge in [0.2, 0.25) is 5.91 Å². The SMILES string of the molecule is CN=C(NCCCOC(C)C)NC1CCN(C(=O)C2CCCC2)C1.I. The minimum Gasteiger partial charge on any atom is -0.379 e. The van der Waals surface area contributed by atoms with Crippen LogP contribution >= 0.6 is 24.0 Å². The summed E-state index contributed by atoms with van der Waals surface area (Å²) in [6.45, 7) is 7.36. The molecule has 0 radical (unpaired) electrons. The Morgan fingerprint density at radius 2 is 2.00 bits per heavy atom. The van der Waals surface area contributed by atoms with Crippen LogP contribution in [0.2, 0.25) is 0 Å². The summed E-state index contributed by atoms with van der Waals surface area (Å²) in [6.07, 6.45) is 6.81. The topological polar surface area (TPSA) is 66.0 Å². The van der Waals surface area contributed by atoms with Crippen LogP contribution in [0.25, 0.3) is 0 Å². The van der Waals surface area contributed by atoms with E-state index in [2.05, 4.69) is 15.6 Å². The lowest BCUT2D eigenvalue weighted by molar-refractivity contribution is -0.134. The van der Waals surface area contributed by atoms with E-state index in [-0.39, 0.29) is 36.0 Å². The molecule has 0 aromatic carbocycles. The number of nitrogens with one attached hydrogen (secondary N) is 2. The first-order valence-electron chi connectivity index (χ1n) is 9.47. The molecule has 2 aliphatic rings. The molecule has 2 N–H and O–H groups in total. The van der Waals surface area contributed by atoms with Gasteiger partial charge in [-0.15, -0.1) is 24.0 Å². The molecule has 1 unspecified atom stereocenters. The number of likely N-dealkylation sites (tertiary alicyclic amines) is 1. The largest absolute Gasteiger partial charge is 0.379 e. The third kappa shape index (κ3) is 7.68. The molecule has 2 fully saturated rings. The Bertz CT molecular complexity index is 425. The second-order valence-electron chi connectivity index (χ2n) is 7.17. The van der Waals surface area contributed by atoms with E-state index >= 15 is 0 Å². The molecular formula is C18H35IN4O2. The third-order valence-corrected chi connectivity index (χ3v) is 4.83. The molecule has 0 aromatic rings. The Morgan fingerprint density at radius 3 is 2.64 bits per heavy atom. The molecule has 0 aromatic heterocycles. The van der Waals surface area contributed by atoms with Crippen LogP contribution in [0.1, 0.15) is 52.4 Å². The van der Waals surface area contributed by atoms with Crippen LogP contribution < -0.4 is 10.6 Å². The number of carbonyl (C=O) groups excluding carboxylic acids is 1. The number of ether oxygens (including phenoxy) is 1. The van der Waals surface area contributed by atoms with Crippen LogP contribution in [0.3, 0.4) is 0 Å². The van der Waals surface area contributed by atoms with Gasteiger partial charge in [-0.2, -0.15) is 0 Å². The van der Waals surface area contributed by atoms with Crippen molar-refractivity contribution in [2.75, 3.05) is 33.3 Å². The quantitative estimate of drug-likeness (QED) is 0.262. The number of amides is 1. The average Bonchev–Trinajstić information content (AvgIpc) is 3.24. The highest BCUT2D eigenvalue weighted by Gasteiger charge is 2.32. The number of hydrogen-bond acceptors (Lipinski definition) is 3. The van der Waals surface area contributed by atoms with E-state index in [1.807, 2.05) is 18.7 Å². The van der Waals surface area contributed by atoms with Gasteiger partial charge in [-0.25, -0.2) is 0 Å². The van der Waals surface area contributed by atoms with Crippen molar-refractivity contribution in [1.82, 2.24) is 15.5 Å². The van der Waals surface area contributed by atoms with Crippen LogP contribution in [-0.4, -0.2) is 62.2 Å². The summed E-state index contributed by atoms with van der Waals surface area (Å²) in [5, 5.41) is 6.77. The van der Waals surface area contributed by atoms with E-state index in [1.165, 1.54) is 12.8 Å². The number of carbonyl (C=O) groups is 1. The lowest BCUT2D eigenvalue weighted by Gasteiger charge is -2.21. The molecule has 1 aliphatic carbocycles. The van der Waals surface area contributed by atoms with Crippen molar-refractivity contribution < 1.29 is 9.53 Å². The number of nitrogens with zero attached hydrogens (tertiary/aromatic N) is 2. The summed E-state index contributed by atoms with van der Waals surface area (Å²) in [7, 11) is 1.79. The zero-order valence-corrected chi connectivity index (χ0v) is 18.3. The maximum Gasteiger partial charge on any atom is 0.225 e. The van der Waals surface area contributed by atoms with E-state index in [9.17, 15) is 4.79 Å². The summed E-state index contributed by atoms with van der Waals surface area (Å²) in [4.78, 5) is 18.8. The molecule has 1 saturated heterocycles. The number of rotatable bonds is 7. The fraction of sp³-hybridized carbons (Fsp3) is 0.889. The summed E-state index contributed by atoms with van der Waals surface area (Å²) < 4.78 is 5.54. The smallest absolute Gasteiger partial charge is 0.225 e. The molecule has 146 valence electrons. The van der Waals surface area contributed by atoms with E-state index in [4.69, 9.17) is 4.74 Å². The molecule has 7 heteroatoms. The van der Waals surface area contributed by atoms with Crippen LogP contribution in [0.15, 0.2) is 4.99 Å². The maximum absolute atomic E-state index is 12.5. The first kappa shape index (κ1) is 22.5. The van der Waals surface area contributed by atoms with Crippen LogP contribution in [0.5, 0.6) is 0 Å². The summed E-state index contributed by atoms with van der Waals surface area (Å²) in [6, 6.07) is 0.300. The van der Waals surface area contributed by atoms with Gasteiger partial charge in [0.1, 0.15) is 0 Å². The van der Waals surface area contributed by atoms with E-state index in [0.717, 1.165) is 57.9 Å². The minimum absolute atomic E-state index is 0. The Balaban J connectivity index is 0.00000312. The van der Waals surface area contributed by atoms with E-state index in [1.54, 1.807) is 7.05 Å². The number of hydrogen-bond donors (Lipinski definition) is 2. The summed E-state index contributed by atoms with van der Waals surface area (Å²) in [5.74, 6) is 1.47. The van der Waals surface area contributed by atoms with Crippen LogP contribution in [-0.2, 0) is 9.53 Å². The van der Waals surface area contributed by atoms with Gasteiger partial charge in [0.05, 0.1) is 6.10 Å². The maximum atomic E-state index is 12.5. The molecule has 1 saturated carbocycles. The Kier molecular flexibility index (Phi) is 10.7. The summed E-state index contributed by atoms with van der Waals surface area (Å²) >= 11 is 0. The molecule has 1 amide bonds. The number of guanidine groups is 1. The van der Waals surface area contributed by atoms with Crippen LogP contribution in [0, 0.1) is 5.92 Å². The molecule has 1 heterocycles. The van der Waals surface area contributed by atoms with Gasteiger partial charge in [0, 0.05) is 45.2 Å². The van der Waals surface area contributed by atoms with Gasteiger partial charge < -0.3 is 20.3 Å². The Hall–Kier alpha value is -0.570. The fourth-order valence-corrected chi connectivity index (χ4v) is 3.50. The highest BCUT2D eigenvalue weighted by atomic mass is 127. The molecule has 6 nitrogen and oxygen atoms in total. The second-order valence-corrected chi connectivity index (χ2v) is 7.17. The molecular weight excluding hydrogens is 431 g/mol. The molecule has 0 spiro atoms. The van der Waals surface area contributed by atoms with Gasteiger partial charge in [-0.05, 0) is 39.5 Å². The summed E-state index contributed by atoms with van der Waals surface area (Å²) in [5.41, 5.74) is 0. The Morgan fingerprint density at radius 1 is 1.28 bits per heavy atom. The monoisotopic (exact) mass is 466 g/mol. The number of halogens is 1. The minimum atomic E-state index is 0. The van der Waals surface area contributed by atoms with Crippen molar-refractivity contribution in [3.8, 4) is 0 Å². The third-order valence-electron chi connectivity index (χ3n) is 4.83. The fourth-order valence-electron chi connectivity index (χ4n) is 3.50. The van der Waals surface area contributed by atoms with Crippen molar-refractivity contribution in [3.63, 3.8) is 0 Å². The van der Waals surface area contributed by atoms with Gasteiger partial charge in [0.25, 0.3) is 0 Å². The van der Waals surface area contributed by atoms with Gasteiger partial charge in [0.15, 0.2) is 5.96 Å². The molecule has 2 rings (SSSR count). The van der Waals surface area contributed by atoms with Crippen LogP contribution in [0.4, 0.5) is 0 Å². The van der Waals surface area contributed by atoms with Crippen molar-refractivity contribution in [2.45, 2.75) is 64.5 Å². The normalized spacial score (nSPS) is 21.5. The van der Waals surface area contributed by atoms with E-state index in [0.29, 0.717) is 11.9 Å². The van der Waals surface area contributed by atoms with E-state index < -0.39 is 0 Å². The lowest BCUT2D eigenvalue weighted by atomic mass is 10.1. The predicted molar refractivity (Wildman–Crippen MR) is 113 cm³/mol. The molecule has 25 heavy (non-hydrogen) atoms. The predicted octanol–water partition coefficient (Wildman–Crippen LogP) is 2.38. The zero-order chi connectivity index (χ0) is 17.4. The molecule has 1 atom stereocenters. The van der Waals surface area contributed by atoms with Crippen molar-refractivity contribution in [3.05, 3.63) is 0 Å². The first-order valence-corrected chi connectivity index (χ1v) is 9.47. The van der Waals surface area contributed by atoms with Gasteiger partial charge in [-0.3, -0.25) is 9.79 Å². The highest BCUT2D eigenvalue weighted by Crippen LogP contribution is 2.27. The first-order chi connectivity index (χ1) is 11.6. The van der Waals surface area contributed by atoms with Gasteiger partial charge in [-0.1, -0.05) is 12.8 Å². The lowest BCUT2D eigenvalue weighted by Crippen LogP contribution is -2.45. The molecule has 0 bridgehead atoms. The highest BCUT2D eigenvalue weighted by molar-refractivity contribution is 14.0.